The molecule has 0 aromatic heterocycles. The van der Waals surface area contributed by atoms with Gasteiger partial charge in [0.1, 0.15) is 11.9 Å². The minimum absolute atomic E-state index is 0.0273. The molecule has 0 fully saturated rings. The molecule has 0 unspecified atom stereocenters. The number of para-hydroxylation sites is 1. The predicted octanol–water partition coefficient (Wildman–Crippen LogP) is 1.80. The number of amides is 3. The highest BCUT2D eigenvalue weighted by molar-refractivity contribution is 6.01. The number of benzene rings is 2. The average Bonchev–Trinajstić information content (AvgIpc) is 2.55. The van der Waals surface area contributed by atoms with Crippen LogP contribution in [-0.2, 0) is 4.79 Å². The van der Waals surface area contributed by atoms with Gasteiger partial charge in [-0.25, -0.2) is 9.18 Å². The Morgan fingerprint density at radius 3 is 2.43 bits per heavy atom. The number of imide groups is 1. The summed E-state index contributed by atoms with van der Waals surface area (Å²) >= 11 is 0. The Labute approximate surface area is 133 Å². The van der Waals surface area contributed by atoms with Gasteiger partial charge in [0, 0.05) is 5.56 Å². The third-order valence-corrected chi connectivity index (χ3v) is 3.36. The van der Waals surface area contributed by atoms with E-state index in [1.165, 1.54) is 18.2 Å². The first kappa shape index (κ1) is 16.6. The van der Waals surface area contributed by atoms with E-state index >= 15 is 0 Å². The molecule has 2 aromatic rings. The van der Waals surface area contributed by atoms with Crippen molar-refractivity contribution in [1.29, 1.82) is 0 Å². The van der Waals surface area contributed by atoms with Crippen molar-refractivity contribution in [2.75, 3.05) is 11.9 Å². The minimum atomic E-state index is -0.749. The van der Waals surface area contributed by atoms with E-state index in [1.807, 2.05) is 42.6 Å². The van der Waals surface area contributed by atoms with E-state index in [1.54, 1.807) is 6.07 Å². The predicted molar refractivity (Wildman–Crippen MR) is 85.2 cm³/mol. The fourth-order valence-electron chi connectivity index (χ4n) is 2.07. The van der Waals surface area contributed by atoms with Crippen LogP contribution < -0.4 is 16.0 Å². The van der Waals surface area contributed by atoms with Crippen molar-refractivity contribution < 1.29 is 19.3 Å². The summed E-state index contributed by atoms with van der Waals surface area (Å²) in [5.41, 5.74) is 1.12. The summed E-state index contributed by atoms with van der Waals surface area (Å²) in [7, 11) is 0. The van der Waals surface area contributed by atoms with Crippen molar-refractivity contribution >= 4 is 17.6 Å². The molecule has 0 heterocycles. The number of anilines is 1. The molecule has 0 radical (unpaired) electrons. The van der Waals surface area contributed by atoms with Crippen LogP contribution in [0.2, 0.25) is 0 Å². The maximum absolute atomic E-state index is 13.4. The zero-order chi connectivity index (χ0) is 16.7. The Balaban J connectivity index is 1.78. The van der Waals surface area contributed by atoms with Gasteiger partial charge in [0.05, 0.1) is 5.69 Å². The van der Waals surface area contributed by atoms with Crippen molar-refractivity contribution in [3.8, 4) is 0 Å². The first-order chi connectivity index (χ1) is 11.1. The highest BCUT2D eigenvalue weighted by Gasteiger charge is 2.14. The summed E-state index contributed by atoms with van der Waals surface area (Å²) in [5.74, 6) is -0.999. The van der Waals surface area contributed by atoms with Crippen LogP contribution in [0, 0.1) is 5.82 Å². The number of quaternary nitrogens is 1. The molecule has 23 heavy (non-hydrogen) atoms. The molecule has 120 valence electrons. The molecule has 0 spiro atoms. The van der Waals surface area contributed by atoms with Crippen LogP contribution in [0.3, 0.4) is 0 Å². The van der Waals surface area contributed by atoms with Crippen molar-refractivity contribution in [3.05, 3.63) is 66.0 Å². The largest absolute Gasteiger partial charge is 0.333 e. The van der Waals surface area contributed by atoms with Gasteiger partial charge in [-0.1, -0.05) is 42.5 Å². The molecular formula is C17H19FN3O2+. The van der Waals surface area contributed by atoms with E-state index in [4.69, 9.17) is 0 Å². The topological polar surface area (TPSA) is 74.8 Å². The molecule has 0 saturated heterocycles. The second kappa shape index (κ2) is 8.05. The molecule has 0 bridgehead atoms. The Morgan fingerprint density at radius 1 is 1.09 bits per heavy atom. The molecule has 2 rings (SSSR count). The highest BCUT2D eigenvalue weighted by atomic mass is 19.1. The quantitative estimate of drug-likeness (QED) is 0.787. The summed E-state index contributed by atoms with van der Waals surface area (Å²) in [4.78, 5) is 23.4. The maximum atomic E-state index is 13.4. The van der Waals surface area contributed by atoms with Crippen molar-refractivity contribution in [1.82, 2.24) is 5.32 Å². The van der Waals surface area contributed by atoms with Gasteiger partial charge in [0.2, 0.25) is 0 Å². The zero-order valence-corrected chi connectivity index (χ0v) is 12.8. The van der Waals surface area contributed by atoms with Crippen LogP contribution >= 0.6 is 0 Å². The molecule has 0 aliphatic rings. The summed E-state index contributed by atoms with van der Waals surface area (Å²) in [6, 6.07) is 14.8. The summed E-state index contributed by atoms with van der Waals surface area (Å²) < 4.78 is 13.4. The second-order valence-electron chi connectivity index (χ2n) is 5.12. The highest BCUT2D eigenvalue weighted by Crippen LogP contribution is 2.11. The lowest BCUT2D eigenvalue weighted by atomic mass is 10.1. The van der Waals surface area contributed by atoms with Gasteiger partial charge in [-0.15, -0.1) is 0 Å². The van der Waals surface area contributed by atoms with E-state index < -0.39 is 17.8 Å². The maximum Gasteiger partial charge on any atom is 0.326 e. The molecule has 2 aromatic carbocycles. The van der Waals surface area contributed by atoms with Crippen LogP contribution in [0.5, 0.6) is 0 Å². The van der Waals surface area contributed by atoms with Gasteiger partial charge < -0.3 is 10.6 Å². The Morgan fingerprint density at radius 2 is 1.74 bits per heavy atom. The number of urea groups is 1. The lowest BCUT2D eigenvalue weighted by Gasteiger charge is -2.11. The fourth-order valence-corrected chi connectivity index (χ4v) is 2.07. The molecule has 0 aliphatic heterocycles. The Bertz CT molecular complexity index is 677. The summed E-state index contributed by atoms with van der Waals surface area (Å²) in [6.07, 6.45) is 0. The third-order valence-electron chi connectivity index (χ3n) is 3.36. The van der Waals surface area contributed by atoms with E-state index in [0.29, 0.717) is 0 Å². The number of nitrogens with two attached hydrogens (primary N) is 1. The third kappa shape index (κ3) is 5.19. The number of carbonyl (C=O) groups excluding carboxylic acids is 2. The normalized spacial score (nSPS) is 11.6. The molecule has 1 atom stereocenters. The monoisotopic (exact) mass is 316 g/mol. The van der Waals surface area contributed by atoms with Gasteiger partial charge in [-0.05, 0) is 19.1 Å². The van der Waals surface area contributed by atoms with Crippen LogP contribution in [0.1, 0.15) is 18.5 Å². The SMILES string of the molecule is C[C@H]([NH2+]CC(=O)NC(=O)Nc1ccccc1F)c1ccccc1. The van der Waals surface area contributed by atoms with E-state index in [2.05, 4.69) is 10.6 Å². The van der Waals surface area contributed by atoms with E-state index in [9.17, 15) is 14.0 Å². The van der Waals surface area contributed by atoms with Crippen LogP contribution in [0.15, 0.2) is 54.6 Å². The van der Waals surface area contributed by atoms with Gasteiger partial charge in [0.15, 0.2) is 6.54 Å². The van der Waals surface area contributed by atoms with Crippen molar-refractivity contribution in [3.63, 3.8) is 0 Å². The molecule has 0 aliphatic carbocycles. The number of hydrogen-bond acceptors (Lipinski definition) is 2. The van der Waals surface area contributed by atoms with Crippen LogP contribution in [0.4, 0.5) is 14.9 Å². The molecular weight excluding hydrogens is 297 g/mol. The standard InChI is InChI=1S/C17H18FN3O2/c1-12(13-7-3-2-4-8-13)19-11-16(22)21-17(23)20-15-10-6-5-9-14(15)18/h2-10,12,19H,11H2,1H3,(H2,20,21,22,23)/p+1/t12-/m0/s1. The minimum Gasteiger partial charge on any atom is -0.333 e. The molecule has 4 N–H and O–H groups in total. The van der Waals surface area contributed by atoms with Gasteiger partial charge >= 0.3 is 6.03 Å². The number of hydrogen-bond donors (Lipinski definition) is 3. The summed E-state index contributed by atoms with van der Waals surface area (Å²) in [6.45, 7) is 2.07. The van der Waals surface area contributed by atoms with E-state index in [-0.39, 0.29) is 18.3 Å². The number of halogens is 1. The van der Waals surface area contributed by atoms with Crippen LogP contribution in [-0.4, -0.2) is 18.5 Å². The lowest BCUT2D eigenvalue weighted by molar-refractivity contribution is -0.682. The fraction of sp³-hybridized carbons (Fsp3) is 0.176. The lowest BCUT2D eigenvalue weighted by Crippen LogP contribution is -2.87. The molecule has 5 nitrogen and oxygen atoms in total. The van der Waals surface area contributed by atoms with Crippen LogP contribution in [0.25, 0.3) is 0 Å². The van der Waals surface area contributed by atoms with Gasteiger partial charge in [-0.3, -0.25) is 10.1 Å². The number of nitrogens with one attached hydrogen (secondary N) is 2. The Hall–Kier alpha value is -2.73. The number of carbonyl (C=O) groups is 2. The zero-order valence-electron chi connectivity index (χ0n) is 12.8. The second-order valence-corrected chi connectivity index (χ2v) is 5.12. The first-order valence-corrected chi connectivity index (χ1v) is 7.30. The van der Waals surface area contributed by atoms with Gasteiger partial charge in [-0.2, -0.15) is 0 Å². The average molecular weight is 316 g/mol. The smallest absolute Gasteiger partial charge is 0.326 e. The van der Waals surface area contributed by atoms with Crippen molar-refractivity contribution in [2.45, 2.75) is 13.0 Å². The molecule has 0 saturated carbocycles. The molecule has 3 amide bonds. The number of rotatable bonds is 5. The summed E-state index contributed by atoms with van der Waals surface area (Å²) in [5, 5.41) is 6.30. The van der Waals surface area contributed by atoms with Gasteiger partial charge in [0.25, 0.3) is 5.91 Å². The Kier molecular flexibility index (Phi) is 5.82. The molecule has 6 heteroatoms. The van der Waals surface area contributed by atoms with Crippen molar-refractivity contribution in [2.24, 2.45) is 0 Å². The van der Waals surface area contributed by atoms with E-state index in [0.717, 1.165) is 5.56 Å². The first-order valence-electron chi connectivity index (χ1n) is 7.30.